The minimum atomic E-state index is -1.12. The molecule has 1 N–H and O–H groups in total. The van der Waals surface area contributed by atoms with Gasteiger partial charge in [-0.3, -0.25) is 9.59 Å². The molecular formula is C28H35NO8. The van der Waals surface area contributed by atoms with Gasteiger partial charge < -0.3 is 29.0 Å². The third-order valence-corrected chi connectivity index (χ3v) is 7.08. The van der Waals surface area contributed by atoms with Crippen LogP contribution in [0.2, 0.25) is 0 Å². The van der Waals surface area contributed by atoms with Gasteiger partial charge in [0.2, 0.25) is 5.75 Å². The number of Topliss-reactive ketones (excluding diaryl/α,β-unsaturated/α-hetero) is 1. The molecule has 200 valence electrons. The van der Waals surface area contributed by atoms with Crippen molar-refractivity contribution in [3.8, 4) is 23.0 Å². The fraction of sp³-hybridized carbons (Fsp3) is 0.464. The normalized spacial score (nSPS) is 18.0. The lowest BCUT2D eigenvalue weighted by atomic mass is 9.80. The maximum atomic E-state index is 13.2. The minimum Gasteiger partial charge on any atom is -0.497 e. The fourth-order valence-corrected chi connectivity index (χ4v) is 5.01. The van der Waals surface area contributed by atoms with Gasteiger partial charge in [0.25, 0.3) is 11.7 Å². The van der Waals surface area contributed by atoms with E-state index in [0.29, 0.717) is 12.2 Å². The Morgan fingerprint density at radius 3 is 2.08 bits per heavy atom. The van der Waals surface area contributed by atoms with Crippen LogP contribution in [0.15, 0.2) is 36.4 Å². The van der Waals surface area contributed by atoms with Crippen LogP contribution >= 0.6 is 0 Å². The highest BCUT2D eigenvalue weighted by molar-refractivity contribution is 6.43. The number of amides is 1. The van der Waals surface area contributed by atoms with E-state index in [1.54, 1.807) is 7.11 Å². The van der Waals surface area contributed by atoms with Crippen molar-refractivity contribution in [2.45, 2.75) is 44.6 Å². The van der Waals surface area contributed by atoms with Crippen molar-refractivity contribution in [2.24, 2.45) is 5.92 Å². The summed E-state index contributed by atoms with van der Waals surface area (Å²) >= 11 is 0. The van der Waals surface area contributed by atoms with E-state index in [2.05, 4.69) is 6.92 Å². The summed E-state index contributed by atoms with van der Waals surface area (Å²) in [7, 11) is 5.88. The van der Waals surface area contributed by atoms with Crippen LogP contribution in [0.4, 0.5) is 0 Å². The summed E-state index contributed by atoms with van der Waals surface area (Å²) in [5, 5.41) is 9.95. The minimum absolute atomic E-state index is 0.0383. The van der Waals surface area contributed by atoms with Gasteiger partial charge in [0.1, 0.15) is 11.8 Å². The van der Waals surface area contributed by atoms with Gasteiger partial charge in [0.05, 0.1) is 28.4 Å². The molecule has 1 fully saturated rings. The first-order valence-electron chi connectivity index (χ1n) is 12.3. The summed E-state index contributed by atoms with van der Waals surface area (Å²) in [5.74, 6) is -0.897. The number of carboxylic acid groups (broad SMARTS) is 1. The topological polar surface area (TPSA) is 112 Å². The van der Waals surface area contributed by atoms with E-state index in [1.807, 2.05) is 24.3 Å². The molecule has 9 nitrogen and oxygen atoms in total. The van der Waals surface area contributed by atoms with Crippen molar-refractivity contribution in [1.29, 1.82) is 0 Å². The smallest absolute Gasteiger partial charge is 0.326 e. The van der Waals surface area contributed by atoms with Crippen LogP contribution < -0.4 is 18.9 Å². The Morgan fingerprint density at radius 2 is 1.59 bits per heavy atom. The zero-order chi connectivity index (χ0) is 27.1. The molecule has 0 aliphatic carbocycles. The zero-order valence-electron chi connectivity index (χ0n) is 22.0. The average molecular weight is 514 g/mol. The Labute approximate surface area is 217 Å². The number of benzene rings is 2. The van der Waals surface area contributed by atoms with E-state index >= 15 is 0 Å². The van der Waals surface area contributed by atoms with E-state index < -0.39 is 23.7 Å². The number of aliphatic carboxylic acids is 1. The number of nitrogens with zero attached hydrogens (tertiary/aromatic N) is 1. The lowest BCUT2D eigenvalue weighted by Gasteiger charge is -2.38. The molecule has 37 heavy (non-hydrogen) atoms. The van der Waals surface area contributed by atoms with Gasteiger partial charge in [-0.15, -0.1) is 0 Å². The predicted octanol–water partition coefficient (Wildman–Crippen LogP) is 4.18. The molecule has 1 saturated heterocycles. The summed E-state index contributed by atoms with van der Waals surface area (Å²) < 4.78 is 21.1. The molecule has 3 atom stereocenters. The Kier molecular flexibility index (Phi) is 9.38. The molecule has 0 aromatic heterocycles. The Morgan fingerprint density at radius 1 is 0.973 bits per heavy atom. The summed E-state index contributed by atoms with van der Waals surface area (Å²) in [6.45, 7) is 2.30. The van der Waals surface area contributed by atoms with Crippen molar-refractivity contribution in [3.05, 3.63) is 47.5 Å². The summed E-state index contributed by atoms with van der Waals surface area (Å²) in [6, 6.07) is 9.63. The average Bonchev–Trinajstić information content (AvgIpc) is 2.94. The summed E-state index contributed by atoms with van der Waals surface area (Å²) in [5.41, 5.74) is 1.21. The van der Waals surface area contributed by atoms with Crippen molar-refractivity contribution in [2.75, 3.05) is 35.0 Å². The first kappa shape index (κ1) is 27.8. The van der Waals surface area contributed by atoms with Gasteiger partial charge >= 0.3 is 5.97 Å². The van der Waals surface area contributed by atoms with Crippen LogP contribution in [0.5, 0.6) is 23.0 Å². The van der Waals surface area contributed by atoms with Gasteiger partial charge in [-0.1, -0.05) is 19.1 Å². The molecule has 1 amide bonds. The van der Waals surface area contributed by atoms with Crippen molar-refractivity contribution in [3.63, 3.8) is 0 Å². The van der Waals surface area contributed by atoms with Gasteiger partial charge in [-0.25, -0.2) is 4.79 Å². The first-order chi connectivity index (χ1) is 17.8. The molecule has 1 aliphatic heterocycles. The third kappa shape index (κ3) is 6.15. The second kappa shape index (κ2) is 12.5. The number of ether oxygens (including phenoxy) is 4. The standard InChI is InChI=1S/C28H35NO8/c1-6-18(19-7-9-21(34-2)10-8-19)13-17-11-12-29(22(14-17)28(32)33)27(31)25(30)20-15-23(35-3)26(37-5)24(16-20)36-4/h7-10,15-18,22H,6,11-14H2,1-5H3,(H,32,33)/t17?,18-,22?/m0/s1. The molecule has 1 aliphatic rings. The van der Waals surface area contributed by atoms with E-state index in [-0.39, 0.29) is 41.9 Å². The Balaban J connectivity index is 1.76. The molecule has 2 unspecified atom stereocenters. The van der Waals surface area contributed by atoms with Crippen molar-refractivity contribution in [1.82, 2.24) is 4.90 Å². The van der Waals surface area contributed by atoms with Crippen molar-refractivity contribution < 1.29 is 38.4 Å². The number of methoxy groups -OCH3 is 4. The van der Waals surface area contributed by atoms with Gasteiger partial charge in [0, 0.05) is 12.1 Å². The maximum Gasteiger partial charge on any atom is 0.326 e. The largest absolute Gasteiger partial charge is 0.497 e. The molecule has 9 heteroatoms. The predicted molar refractivity (Wildman–Crippen MR) is 137 cm³/mol. The maximum absolute atomic E-state index is 13.2. The SMILES string of the molecule is CC[C@@H](CC1CCN(C(=O)C(=O)c2cc(OC)c(OC)c(OC)c2)C(C(=O)O)C1)c1ccc(OC)cc1. The van der Waals surface area contributed by atoms with E-state index in [9.17, 15) is 19.5 Å². The molecule has 0 bridgehead atoms. The zero-order valence-corrected chi connectivity index (χ0v) is 22.0. The van der Waals surface area contributed by atoms with E-state index in [1.165, 1.54) is 43.9 Å². The Hall–Kier alpha value is -3.75. The van der Waals surface area contributed by atoms with Crippen molar-refractivity contribution >= 4 is 17.7 Å². The number of piperidine rings is 1. The summed E-state index contributed by atoms with van der Waals surface area (Å²) in [4.78, 5) is 39.7. The highest BCUT2D eigenvalue weighted by Crippen LogP contribution is 2.39. The molecule has 2 aromatic carbocycles. The number of hydrogen-bond acceptors (Lipinski definition) is 7. The first-order valence-corrected chi connectivity index (χ1v) is 12.3. The summed E-state index contributed by atoms with van der Waals surface area (Å²) in [6.07, 6.45) is 2.61. The van der Waals surface area contributed by atoms with Crippen LogP contribution in [0.3, 0.4) is 0 Å². The Bertz CT molecular complexity index is 1090. The molecule has 0 radical (unpaired) electrons. The lowest BCUT2D eigenvalue weighted by molar-refractivity contribution is -0.151. The van der Waals surface area contributed by atoms with Gasteiger partial charge in [-0.05, 0) is 67.3 Å². The molecule has 0 saturated carbocycles. The number of carbonyl (C=O) groups excluding carboxylic acids is 2. The second-order valence-electron chi connectivity index (χ2n) is 9.10. The number of rotatable bonds is 11. The molecular weight excluding hydrogens is 478 g/mol. The molecule has 0 spiro atoms. The second-order valence-corrected chi connectivity index (χ2v) is 9.10. The highest BCUT2D eigenvalue weighted by atomic mass is 16.5. The van der Waals surface area contributed by atoms with E-state index in [0.717, 1.165) is 18.6 Å². The molecule has 3 rings (SSSR count). The van der Waals surface area contributed by atoms with Gasteiger partial charge in [0.15, 0.2) is 11.5 Å². The van der Waals surface area contributed by atoms with Crippen LogP contribution in [0.25, 0.3) is 0 Å². The highest BCUT2D eigenvalue weighted by Gasteiger charge is 2.39. The number of ketones is 1. The van der Waals surface area contributed by atoms with E-state index in [4.69, 9.17) is 18.9 Å². The number of carboxylic acids is 1. The lowest BCUT2D eigenvalue weighted by Crippen LogP contribution is -2.52. The number of carbonyl (C=O) groups is 3. The van der Waals surface area contributed by atoms with Crippen LogP contribution in [-0.4, -0.2) is 68.7 Å². The molecule has 1 heterocycles. The fourth-order valence-electron chi connectivity index (χ4n) is 5.01. The quantitative estimate of drug-likeness (QED) is 0.352. The molecule has 2 aromatic rings. The number of likely N-dealkylation sites (tertiary alicyclic amines) is 1. The van der Waals surface area contributed by atoms with Crippen LogP contribution in [-0.2, 0) is 9.59 Å². The van der Waals surface area contributed by atoms with Crippen LogP contribution in [0.1, 0.15) is 54.4 Å². The monoisotopic (exact) mass is 513 g/mol. The van der Waals surface area contributed by atoms with Gasteiger partial charge in [-0.2, -0.15) is 0 Å². The third-order valence-electron chi connectivity index (χ3n) is 7.08. The van der Waals surface area contributed by atoms with Crippen LogP contribution in [0, 0.1) is 5.92 Å². The number of hydrogen-bond donors (Lipinski definition) is 1.